The van der Waals surface area contributed by atoms with Gasteiger partial charge in [0.05, 0.1) is 16.8 Å². The lowest BCUT2D eigenvalue weighted by Crippen LogP contribution is -2.18. The molecule has 0 radical (unpaired) electrons. The minimum absolute atomic E-state index is 0.199. The Morgan fingerprint density at radius 1 is 1.30 bits per heavy atom. The van der Waals surface area contributed by atoms with Crippen LogP contribution in [0.15, 0.2) is 39.9 Å². The van der Waals surface area contributed by atoms with Crippen LogP contribution in [0, 0.1) is 6.92 Å². The molecular formula is C16H12BrClN2O3. The van der Waals surface area contributed by atoms with Crippen molar-refractivity contribution in [3.05, 3.63) is 56.5 Å². The first-order valence-corrected chi connectivity index (χ1v) is 7.90. The van der Waals surface area contributed by atoms with Gasteiger partial charge < -0.3 is 9.47 Å². The Balaban J connectivity index is 1.73. The SMILES string of the molecule is Cc1ccc(C(=O)N/N=C\c2cc3c(cc2Br)OCO3)c(Cl)c1. The van der Waals surface area contributed by atoms with Crippen LogP contribution < -0.4 is 14.9 Å². The average molecular weight is 396 g/mol. The quantitative estimate of drug-likeness (QED) is 0.633. The van der Waals surface area contributed by atoms with Crippen molar-refractivity contribution in [2.45, 2.75) is 6.92 Å². The third-order valence-corrected chi connectivity index (χ3v) is 4.23. The first-order valence-electron chi connectivity index (χ1n) is 6.73. The molecule has 5 nitrogen and oxygen atoms in total. The van der Waals surface area contributed by atoms with Crippen molar-refractivity contribution in [2.24, 2.45) is 5.10 Å². The van der Waals surface area contributed by atoms with E-state index in [0.717, 1.165) is 15.6 Å². The Bertz CT molecular complexity index is 808. The molecule has 1 N–H and O–H groups in total. The summed E-state index contributed by atoms with van der Waals surface area (Å²) in [5.74, 6) is 0.940. The van der Waals surface area contributed by atoms with Gasteiger partial charge in [0.25, 0.3) is 5.91 Å². The molecule has 118 valence electrons. The van der Waals surface area contributed by atoms with Crippen LogP contribution in [-0.4, -0.2) is 18.9 Å². The van der Waals surface area contributed by atoms with E-state index < -0.39 is 0 Å². The Morgan fingerprint density at radius 2 is 2.04 bits per heavy atom. The minimum Gasteiger partial charge on any atom is -0.454 e. The van der Waals surface area contributed by atoms with Crippen molar-refractivity contribution in [3.63, 3.8) is 0 Å². The van der Waals surface area contributed by atoms with E-state index in [1.54, 1.807) is 24.3 Å². The summed E-state index contributed by atoms with van der Waals surface area (Å²) >= 11 is 9.48. The molecule has 0 saturated carbocycles. The summed E-state index contributed by atoms with van der Waals surface area (Å²) in [5.41, 5.74) is 4.57. The number of fused-ring (bicyclic) bond motifs is 1. The van der Waals surface area contributed by atoms with Gasteiger partial charge in [0.2, 0.25) is 6.79 Å². The number of ether oxygens (including phenoxy) is 2. The van der Waals surface area contributed by atoms with E-state index in [0.29, 0.717) is 22.1 Å². The number of hydrazone groups is 1. The summed E-state index contributed by atoms with van der Waals surface area (Å²) in [6, 6.07) is 8.79. The second kappa shape index (κ2) is 6.60. The van der Waals surface area contributed by atoms with Gasteiger partial charge in [-0.2, -0.15) is 5.10 Å². The first-order chi connectivity index (χ1) is 11.0. The summed E-state index contributed by atoms with van der Waals surface area (Å²) in [5, 5.41) is 4.35. The maximum absolute atomic E-state index is 12.1. The van der Waals surface area contributed by atoms with Gasteiger partial charge in [0, 0.05) is 10.0 Å². The van der Waals surface area contributed by atoms with Crippen LogP contribution in [0.1, 0.15) is 21.5 Å². The molecule has 3 rings (SSSR count). The summed E-state index contributed by atoms with van der Waals surface area (Å²) < 4.78 is 11.4. The molecule has 0 unspecified atom stereocenters. The normalized spacial score (nSPS) is 12.7. The monoisotopic (exact) mass is 394 g/mol. The summed E-state index contributed by atoms with van der Waals surface area (Å²) in [4.78, 5) is 12.1. The molecule has 0 aliphatic carbocycles. The molecule has 0 aromatic heterocycles. The standard InChI is InChI=1S/C16H12BrClN2O3/c1-9-2-3-11(13(18)4-9)16(21)20-19-7-10-5-14-15(6-12(10)17)23-8-22-14/h2-7H,8H2,1H3,(H,20,21)/b19-7-. The van der Waals surface area contributed by atoms with Crippen LogP contribution in [0.4, 0.5) is 0 Å². The van der Waals surface area contributed by atoms with Crippen LogP contribution in [0.2, 0.25) is 5.02 Å². The smallest absolute Gasteiger partial charge is 0.272 e. The highest BCUT2D eigenvalue weighted by molar-refractivity contribution is 9.10. The largest absolute Gasteiger partial charge is 0.454 e. The number of nitrogens with zero attached hydrogens (tertiary/aromatic N) is 1. The molecule has 7 heteroatoms. The zero-order valence-electron chi connectivity index (χ0n) is 12.1. The maximum atomic E-state index is 12.1. The fourth-order valence-corrected chi connectivity index (χ4v) is 2.80. The Morgan fingerprint density at radius 3 is 2.78 bits per heavy atom. The molecule has 0 atom stereocenters. The molecule has 23 heavy (non-hydrogen) atoms. The Hall–Kier alpha value is -2.05. The molecule has 1 aliphatic heterocycles. The summed E-state index contributed by atoms with van der Waals surface area (Å²) in [7, 11) is 0. The molecule has 1 amide bonds. The topological polar surface area (TPSA) is 59.9 Å². The predicted octanol–water partition coefficient (Wildman–Crippen LogP) is 3.90. The van der Waals surface area contributed by atoms with E-state index in [4.69, 9.17) is 21.1 Å². The third-order valence-electron chi connectivity index (χ3n) is 3.23. The van der Waals surface area contributed by atoms with Crippen molar-refractivity contribution >= 4 is 39.7 Å². The molecular weight excluding hydrogens is 384 g/mol. The highest BCUT2D eigenvalue weighted by Crippen LogP contribution is 2.36. The predicted molar refractivity (Wildman–Crippen MR) is 91.5 cm³/mol. The van der Waals surface area contributed by atoms with Gasteiger partial charge in [0.15, 0.2) is 11.5 Å². The van der Waals surface area contributed by atoms with Gasteiger partial charge in [-0.25, -0.2) is 5.43 Å². The lowest BCUT2D eigenvalue weighted by molar-refractivity contribution is 0.0955. The zero-order valence-corrected chi connectivity index (χ0v) is 14.4. The van der Waals surface area contributed by atoms with E-state index in [2.05, 4.69) is 26.5 Å². The highest BCUT2D eigenvalue weighted by Gasteiger charge is 2.15. The van der Waals surface area contributed by atoms with Crippen molar-refractivity contribution in [1.82, 2.24) is 5.43 Å². The van der Waals surface area contributed by atoms with E-state index in [1.807, 2.05) is 13.0 Å². The fourth-order valence-electron chi connectivity index (χ4n) is 2.06. The van der Waals surface area contributed by atoms with Gasteiger partial charge in [-0.1, -0.05) is 17.7 Å². The number of hydrogen-bond acceptors (Lipinski definition) is 4. The molecule has 1 heterocycles. The molecule has 2 aromatic rings. The lowest BCUT2D eigenvalue weighted by Gasteiger charge is -2.04. The van der Waals surface area contributed by atoms with Crippen molar-refractivity contribution in [3.8, 4) is 11.5 Å². The number of carbonyl (C=O) groups excluding carboxylic acids is 1. The van der Waals surface area contributed by atoms with Crippen LogP contribution in [0.3, 0.4) is 0 Å². The first kappa shape index (κ1) is 15.8. The van der Waals surface area contributed by atoms with Gasteiger partial charge in [-0.05, 0) is 52.7 Å². The Labute approximate surface area is 146 Å². The van der Waals surface area contributed by atoms with E-state index >= 15 is 0 Å². The van der Waals surface area contributed by atoms with E-state index in [1.165, 1.54) is 6.21 Å². The molecule has 0 bridgehead atoms. The number of carbonyl (C=O) groups is 1. The van der Waals surface area contributed by atoms with Gasteiger partial charge >= 0.3 is 0 Å². The van der Waals surface area contributed by atoms with Gasteiger partial charge in [0.1, 0.15) is 0 Å². The lowest BCUT2D eigenvalue weighted by atomic mass is 10.1. The summed E-state index contributed by atoms with van der Waals surface area (Å²) in [6.07, 6.45) is 1.52. The average Bonchev–Trinajstić information content (AvgIpc) is 2.94. The number of hydrogen-bond donors (Lipinski definition) is 1. The molecule has 0 fully saturated rings. The third kappa shape index (κ3) is 3.48. The number of nitrogens with one attached hydrogen (secondary N) is 1. The van der Waals surface area contributed by atoms with E-state index in [-0.39, 0.29) is 12.7 Å². The van der Waals surface area contributed by atoms with Gasteiger partial charge in [-0.15, -0.1) is 0 Å². The molecule has 2 aromatic carbocycles. The van der Waals surface area contributed by atoms with E-state index in [9.17, 15) is 4.79 Å². The number of amides is 1. The maximum Gasteiger partial charge on any atom is 0.272 e. The fraction of sp³-hybridized carbons (Fsp3) is 0.125. The molecule has 0 saturated heterocycles. The number of halogens is 2. The Kier molecular flexibility index (Phi) is 4.54. The second-order valence-corrected chi connectivity index (χ2v) is 6.17. The number of aryl methyl sites for hydroxylation is 1. The summed E-state index contributed by atoms with van der Waals surface area (Å²) in [6.45, 7) is 2.11. The van der Waals surface area contributed by atoms with Crippen LogP contribution in [0.25, 0.3) is 0 Å². The van der Waals surface area contributed by atoms with Crippen LogP contribution in [0.5, 0.6) is 11.5 Å². The molecule has 0 spiro atoms. The number of benzene rings is 2. The highest BCUT2D eigenvalue weighted by atomic mass is 79.9. The zero-order chi connectivity index (χ0) is 16.4. The molecule has 1 aliphatic rings. The van der Waals surface area contributed by atoms with Crippen molar-refractivity contribution in [2.75, 3.05) is 6.79 Å². The second-order valence-electron chi connectivity index (χ2n) is 4.91. The minimum atomic E-state index is -0.372. The van der Waals surface area contributed by atoms with Crippen LogP contribution in [-0.2, 0) is 0 Å². The van der Waals surface area contributed by atoms with Gasteiger partial charge in [-0.3, -0.25) is 4.79 Å². The van der Waals surface area contributed by atoms with Crippen molar-refractivity contribution in [1.29, 1.82) is 0 Å². The van der Waals surface area contributed by atoms with Crippen molar-refractivity contribution < 1.29 is 14.3 Å². The van der Waals surface area contributed by atoms with Crippen LogP contribution >= 0.6 is 27.5 Å². The number of rotatable bonds is 3.